The maximum absolute atomic E-state index is 10.9. The normalized spacial score (nSPS) is 10.8. The molecule has 0 radical (unpaired) electrons. The molecule has 0 fully saturated rings. The number of ether oxygens (including phenoxy) is 1. The van der Waals surface area contributed by atoms with Crippen LogP contribution in [0.5, 0.6) is 5.75 Å². The van der Waals surface area contributed by atoms with Gasteiger partial charge in [0.2, 0.25) is 0 Å². The number of benzene rings is 2. The predicted molar refractivity (Wildman–Crippen MR) is 104 cm³/mol. The van der Waals surface area contributed by atoms with Crippen molar-refractivity contribution in [3.8, 4) is 17.0 Å². The molecule has 26 heavy (non-hydrogen) atoms. The highest BCUT2D eigenvalue weighted by Gasteiger charge is 2.11. The highest BCUT2D eigenvalue weighted by atomic mass is 32.1. The van der Waals surface area contributed by atoms with Crippen molar-refractivity contribution in [1.29, 1.82) is 0 Å². The molecular formula is C17H12N4O3S2. The zero-order chi connectivity index (χ0) is 18.1. The van der Waals surface area contributed by atoms with Crippen molar-refractivity contribution in [1.82, 2.24) is 9.97 Å². The van der Waals surface area contributed by atoms with Crippen molar-refractivity contribution in [2.24, 2.45) is 0 Å². The zero-order valence-electron chi connectivity index (χ0n) is 13.5. The number of nitro groups is 1. The van der Waals surface area contributed by atoms with E-state index >= 15 is 0 Å². The number of nitrogens with zero attached hydrogens (tertiary/aromatic N) is 3. The van der Waals surface area contributed by atoms with E-state index in [0.717, 1.165) is 21.1 Å². The first-order chi connectivity index (χ1) is 12.6. The third kappa shape index (κ3) is 3.22. The number of aromatic nitrogens is 2. The molecule has 0 spiro atoms. The van der Waals surface area contributed by atoms with Gasteiger partial charge in [-0.1, -0.05) is 23.5 Å². The van der Waals surface area contributed by atoms with Crippen LogP contribution in [-0.2, 0) is 0 Å². The van der Waals surface area contributed by atoms with Crippen LogP contribution in [0.4, 0.5) is 16.0 Å². The third-order valence-corrected chi connectivity index (χ3v) is 5.38. The van der Waals surface area contributed by atoms with E-state index in [-0.39, 0.29) is 5.69 Å². The Kier molecular flexibility index (Phi) is 4.23. The number of anilines is 2. The van der Waals surface area contributed by atoms with Gasteiger partial charge in [0.1, 0.15) is 5.75 Å². The van der Waals surface area contributed by atoms with E-state index in [9.17, 15) is 10.1 Å². The van der Waals surface area contributed by atoms with Crippen molar-refractivity contribution < 1.29 is 9.66 Å². The molecule has 4 rings (SSSR count). The lowest BCUT2D eigenvalue weighted by molar-refractivity contribution is -0.384. The molecule has 2 heterocycles. The molecule has 0 aliphatic carbocycles. The first-order valence-electron chi connectivity index (χ1n) is 7.54. The summed E-state index contributed by atoms with van der Waals surface area (Å²) < 4.78 is 6.26. The number of hydrogen-bond acceptors (Lipinski definition) is 8. The van der Waals surface area contributed by atoms with Gasteiger partial charge in [0.05, 0.1) is 27.9 Å². The molecule has 0 amide bonds. The topological polar surface area (TPSA) is 90.2 Å². The highest BCUT2D eigenvalue weighted by molar-refractivity contribution is 7.22. The lowest BCUT2D eigenvalue weighted by Gasteiger charge is -1.97. The SMILES string of the molecule is COc1ccc2sc(Nc3nc(-c4cccc([N+](=O)[O-])c4)cs3)nc2c1. The Morgan fingerprint density at radius 1 is 1.15 bits per heavy atom. The van der Waals surface area contributed by atoms with Gasteiger partial charge in [0, 0.05) is 29.1 Å². The molecular weight excluding hydrogens is 372 g/mol. The van der Waals surface area contributed by atoms with Crippen LogP contribution in [0.3, 0.4) is 0 Å². The Bertz CT molecular complexity index is 1110. The molecule has 0 atom stereocenters. The van der Waals surface area contributed by atoms with E-state index in [2.05, 4.69) is 15.3 Å². The Morgan fingerprint density at radius 2 is 2.04 bits per heavy atom. The molecule has 0 bridgehead atoms. The molecule has 0 unspecified atom stereocenters. The van der Waals surface area contributed by atoms with Crippen molar-refractivity contribution in [3.63, 3.8) is 0 Å². The Labute approximate surface area is 156 Å². The molecule has 130 valence electrons. The Hall–Kier alpha value is -3.04. The van der Waals surface area contributed by atoms with Gasteiger partial charge in [-0.3, -0.25) is 10.1 Å². The number of rotatable bonds is 5. The fourth-order valence-electron chi connectivity index (χ4n) is 2.42. The summed E-state index contributed by atoms with van der Waals surface area (Å²) in [6.45, 7) is 0. The molecule has 1 N–H and O–H groups in total. The van der Waals surface area contributed by atoms with Gasteiger partial charge in [-0.05, 0) is 12.1 Å². The smallest absolute Gasteiger partial charge is 0.270 e. The monoisotopic (exact) mass is 384 g/mol. The van der Waals surface area contributed by atoms with Crippen molar-refractivity contribution in [3.05, 3.63) is 58.0 Å². The molecule has 9 heteroatoms. The van der Waals surface area contributed by atoms with Crippen LogP contribution in [0.2, 0.25) is 0 Å². The third-order valence-electron chi connectivity index (χ3n) is 3.67. The minimum absolute atomic E-state index is 0.0464. The van der Waals surface area contributed by atoms with Gasteiger partial charge in [-0.25, -0.2) is 9.97 Å². The summed E-state index contributed by atoms with van der Waals surface area (Å²) in [6, 6.07) is 12.2. The van der Waals surface area contributed by atoms with E-state index in [4.69, 9.17) is 4.74 Å². The van der Waals surface area contributed by atoms with E-state index in [1.54, 1.807) is 19.2 Å². The van der Waals surface area contributed by atoms with Gasteiger partial charge in [0.25, 0.3) is 5.69 Å². The largest absolute Gasteiger partial charge is 0.497 e. The summed E-state index contributed by atoms with van der Waals surface area (Å²) >= 11 is 2.94. The first-order valence-corrected chi connectivity index (χ1v) is 9.24. The zero-order valence-corrected chi connectivity index (χ0v) is 15.1. The average Bonchev–Trinajstić information content (AvgIpc) is 3.27. The second-order valence-electron chi connectivity index (χ2n) is 5.32. The maximum Gasteiger partial charge on any atom is 0.270 e. The van der Waals surface area contributed by atoms with Crippen LogP contribution >= 0.6 is 22.7 Å². The van der Waals surface area contributed by atoms with E-state index in [1.807, 2.05) is 23.6 Å². The lowest BCUT2D eigenvalue weighted by Crippen LogP contribution is -1.90. The van der Waals surface area contributed by atoms with Crippen molar-refractivity contribution in [2.45, 2.75) is 0 Å². The van der Waals surface area contributed by atoms with Crippen LogP contribution < -0.4 is 10.1 Å². The second-order valence-corrected chi connectivity index (χ2v) is 7.21. The van der Waals surface area contributed by atoms with Gasteiger partial charge in [-0.2, -0.15) is 0 Å². The van der Waals surface area contributed by atoms with Gasteiger partial charge < -0.3 is 10.1 Å². The number of methoxy groups -OCH3 is 1. The summed E-state index contributed by atoms with van der Waals surface area (Å²) in [5, 5.41) is 17.4. The summed E-state index contributed by atoms with van der Waals surface area (Å²) in [4.78, 5) is 19.6. The van der Waals surface area contributed by atoms with Crippen molar-refractivity contribution >= 4 is 48.8 Å². The summed E-state index contributed by atoms with van der Waals surface area (Å²) in [6.07, 6.45) is 0. The van der Waals surface area contributed by atoms with Gasteiger partial charge in [0.15, 0.2) is 10.3 Å². The summed E-state index contributed by atoms with van der Waals surface area (Å²) in [7, 11) is 1.62. The molecule has 0 aliphatic rings. The lowest BCUT2D eigenvalue weighted by atomic mass is 10.1. The van der Waals surface area contributed by atoms with Gasteiger partial charge >= 0.3 is 0 Å². The predicted octanol–water partition coefficient (Wildman–Crippen LogP) is 5.08. The number of nitrogens with one attached hydrogen (secondary N) is 1. The number of hydrogen-bond donors (Lipinski definition) is 1. The summed E-state index contributed by atoms with van der Waals surface area (Å²) in [5.41, 5.74) is 2.29. The molecule has 0 aliphatic heterocycles. The molecule has 7 nitrogen and oxygen atoms in total. The van der Waals surface area contributed by atoms with E-state index in [1.165, 1.54) is 34.8 Å². The molecule has 2 aromatic heterocycles. The Balaban J connectivity index is 1.59. The van der Waals surface area contributed by atoms with Gasteiger partial charge in [-0.15, -0.1) is 11.3 Å². The van der Waals surface area contributed by atoms with Crippen LogP contribution in [0.1, 0.15) is 0 Å². The number of nitro benzene ring substituents is 1. The van der Waals surface area contributed by atoms with Crippen LogP contribution in [0.25, 0.3) is 21.5 Å². The van der Waals surface area contributed by atoms with Crippen LogP contribution in [0, 0.1) is 10.1 Å². The minimum Gasteiger partial charge on any atom is -0.497 e. The second kappa shape index (κ2) is 6.70. The first kappa shape index (κ1) is 16.4. The van der Waals surface area contributed by atoms with E-state index in [0.29, 0.717) is 16.4 Å². The van der Waals surface area contributed by atoms with Crippen LogP contribution in [-0.4, -0.2) is 22.0 Å². The molecule has 0 saturated carbocycles. The average molecular weight is 384 g/mol. The standard InChI is InChI=1S/C17H12N4O3S2/c1-24-12-5-6-15-13(8-12)18-17(26-15)20-16-19-14(9-25-16)10-3-2-4-11(7-10)21(22)23/h2-9H,1H3,(H,18,19,20). The fourth-order valence-corrected chi connectivity index (χ4v) is 4.05. The molecule has 4 aromatic rings. The minimum atomic E-state index is -0.412. The number of fused-ring (bicyclic) bond motifs is 1. The maximum atomic E-state index is 10.9. The fraction of sp³-hybridized carbons (Fsp3) is 0.0588. The van der Waals surface area contributed by atoms with Crippen LogP contribution in [0.15, 0.2) is 47.8 Å². The highest BCUT2D eigenvalue weighted by Crippen LogP contribution is 2.33. The van der Waals surface area contributed by atoms with E-state index < -0.39 is 4.92 Å². The quantitative estimate of drug-likeness (QED) is 0.381. The Morgan fingerprint density at radius 3 is 2.85 bits per heavy atom. The summed E-state index contributed by atoms with van der Waals surface area (Å²) in [5.74, 6) is 0.761. The number of thiazole rings is 2. The molecule has 0 saturated heterocycles. The number of non-ortho nitro benzene ring substituents is 1. The molecule has 2 aromatic carbocycles. The van der Waals surface area contributed by atoms with Crippen molar-refractivity contribution in [2.75, 3.05) is 12.4 Å².